The van der Waals surface area contributed by atoms with Gasteiger partial charge in [-0.05, 0) is 32.0 Å². The zero-order chi connectivity index (χ0) is 14.9. The van der Waals surface area contributed by atoms with E-state index in [-0.39, 0.29) is 17.2 Å². The molecule has 2 aromatic rings. The minimum absolute atomic E-state index is 0.152. The predicted molar refractivity (Wildman–Crippen MR) is 72.6 cm³/mol. The lowest BCUT2D eigenvalue weighted by Gasteiger charge is -2.18. The Kier molecular flexibility index (Phi) is 3.74. The summed E-state index contributed by atoms with van der Waals surface area (Å²) in [4.78, 5) is 13.8. The molecule has 1 heterocycles. The summed E-state index contributed by atoms with van der Waals surface area (Å²) in [6, 6.07) is 3.74. The van der Waals surface area contributed by atoms with Crippen molar-refractivity contribution in [1.29, 1.82) is 0 Å². The molecular formula is C14H16FN3O2. The van der Waals surface area contributed by atoms with Gasteiger partial charge in [-0.3, -0.25) is 4.79 Å². The van der Waals surface area contributed by atoms with E-state index >= 15 is 0 Å². The molecule has 0 aliphatic rings. The number of halogens is 1. The van der Waals surface area contributed by atoms with E-state index < -0.39 is 5.82 Å². The number of anilines is 1. The van der Waals surface area contributed by atoms with Crippen LogP contribution in [-0.4, -0.2) is 23.0 Å². The minimum Gasteiger partial charge on any atom is -0.398 e. The number of nitrogens with two attached hydrogens (primary N) is 1. The molecule has 0 atom stereocenters. The van der Waals surface area contributed by atoms with Crippen LogP contribution in [0.3, 0.4) is 0 Å². The third-order valence-electron chi connectivity index (χ3n) is 3.17. The van der Waals surface area contributed by atoms with Crippen molar-refractivity contribution in [2.45, 2.75) is 20.4 Å². The molecule has 0 spiro atoms. The van der Waals surface area contributed by atoms with Crippen molar-refractivity contribution >= 4 is 11.6 Å². The molecule has 0 radical (unpaired) electrons. The highest BCUT2D eigenvalue weighted by molar-refractivity contribution is 5.98. The van der Waals surface area contributed by atoms with Gasteiger partial charge in [0.15, 0.2) is 0 Å². The number of carbonyl (C=O) groups is 1. The molecule has 6 heteroatoms. The van der Waals surface area contributed by atoms with Crippen LogP contribution in [0.4, 0.5) is 10.1 Å². The summed E-state index contributed by atoms with van der Waals surface area (Å²) in [6.45, 7) is 3.92. The van der Waals surface area contributed by atoms with E-state index in [1.807, 2.05) is 0 Å². The normalized spacial score (nSPS) is 10.6. The van der Waals surface area contributed by atoms with Gasteiger partial charge in [0.1, 0.15) is 11.6 Å². The molecule has 0 saturated carbocycles. The summed E-state index contributed by atoms with van der Waals surface area (Å²) in [7, 11) is 1.62. The van der Waals surface area contributed by atoms with Gasteiger partial charge >= 0.3 is 0 Å². The van der Waals surface area contributed by atoms with E-state index in [4.69, 9.17) is 10.3 Å². The summed E-state index contributed by atoms with van der Waals surface area (Å²) >= 11 is 0. The Hall–Kier alpha value is -2.37. The monoisotopic (exact) mass is 277 g/mol. The van der Waals surface area contributed by atoms with Crippen molar-refractivity contribution in [3.05, 3.63) is 46.6 Å². The largest absolute Gasteiger partial charge is 0.398 e. The maximum Gasteiger partial charge on any atom is 0.256 e. The Bertz CT molecular complexity index is 632. The van der Waals surface area contributed by atoms with Crippen molar-refractivity contribution in [3.63, 3.8) is 0 Å². The van der Waals surface area contributed by atoms with Gasteiger partial charge in [0, 0.05) is 18.3 Å². The number of nitrogens with zero attached hydrogens (tertiary/aromatic N) is 2. The summed E-state index contributed by atoms with van der Waals surface area (Å²) in [5, 5.41) is 3.84. The Balaban J connectivity index is 2.23. The Morgan fingerprint density at radius 2 is 2.15 bits per heavy atom. The lowest BCUT2D eigenvalue weighted by Crippen LogP contribution is -2.27. The fraction of sp³-hybridized carbons (Fsp3) is 0.286. The van der Waals surface area contributed by atoms with E-state index in [1.165, 1.54) is 17.0 Å². The first kappa shape index (κ1) is 14.0. The molecule has 1 amide bonds. The number of aryl methyl sites for hydroxylation is 2. The van der Waals surface area contributed by atoms with Crippen LogP contribution in [0.2, 0.25) is 0 Å². The first-order valence-corrected chi connectivity index (χ1v) is 6.12. The molecule has 0 unspecified atom stereocenters. The zero-order valence-electron chi connectivity index (χ0n) is 11.6. The smallest absolute Gasteiger partial charge is 0.256 e. The first-order chi connectivity index (χ1) is 9.40. The molecule has 1 aromatic carbocycles. The summed E-state index contributed by atoms with van der Waals surface area (Å²) in [6.07, 6.45) is 0. The maximum absolute atomic E-state index is 13.2. The maximum atomic E-state index is 13.2. The Morgan fingerprint density at radius 1 is 1.45 bits per heavy atom. The number of carbonyl (C=O) groups excluding carboxylic acids is 1. The third-order valence-corrected chi connectivity index (χ3v) is 3.17. The molecule has 106 valence electrons. The van der Waals surface area contributed by atoms with Gasteiger partial charge in [-0.25, -0.2) is 4.39 Å². The molecule has 20 heavy (non-hydrogen) atoms. The Morgan fingerprint density at radius 3 is 2.75 bits per heavy atom. The van der Waals surface area contributed by atoms with Crippen molar-refractivity contribution in [2.75, 3.05) is 12.8 Å². The number of nitrogen functional groups attached to an aromatic ring is 1. The quantitative estimate of drug-likeness (QED) is 0.874. The second-order valence-electron chi connectivity index (χ2n) is 4.70. The first-order valence-electron chi connectivity index (χ1n) is 6.12. The van der Waals surface area contributed by atoms with Gasteiger partial charge in [0.05, 0.1) is 17.8 Å². The van der Waals surface area contributed by atoms with E-state index in [2.05, 4.69) is 5.16 Å². The fourth-order valence-corrected chi connectivity index (χ4v) is 1.96. The molecule has 2 N–H and O–H groups in total. The van der Waals surface area contributed by atoms with Crippen molar-refractivity contribution in [2.24, 2.45) is 0 Å². The summed E-state index contributed by atoms with van der Waals surface area (Å²) in [5.41, 5.74) is 7.69. The van der Waals surface area contributed by atoms with Crippen molar-refractivity contribution in [1.82, 2.24) is 10.1 Å². The number of rotatable bonds is 3. The molecule has 0 fully saturated rings. The molecule has 0 saturated heterocycles. The predicted octanol–water partition coefficient (Wildman–Crippen LogP) is 2.28. The highest BCUT2D eigenvalue weighted by atomic mass is 19.1. The van der Waals surface area contributed by atoms with Gasteiger partial charge in [-0.1, -0.05) is 5.16 Å². The topological polar surface area (TPSA) is 72.4 Å². The van der Waals surface area contributed by atoms with Crippen LogP contribution in [0.25, 0.3) is 0 Å². The summed E-state index contributed by atoms with van der Waals surface area (Å²) < 4.78 is 18.3. The Labute approximate surface area is 116 Å². The lowest BCUT2D eigenvalue weighted by molar-refractivity contribution is 0.0785. The number of amides is 1. The number of hydrogen-bond acceptors (Lipinski definition) is 4. The van der Waals surface area contributed by atoms with Crippen LogP contribution < -0.4 is 5.73 Å². The van der Waals surface area contributed by atoms with E-state index in [9.17, 15) is 9.18 Å². The SMILES string of the molecule is Cc1noc(C)c1CN(C)C(=O)c1cc(F)ccc1N. The standard InChI is InChI=1S/C14H16FN3O2/c1-8-12(9(2)20-17-8)7-18(3)14(19)11-6-10(15)4-5-13(11)16/h4-6H,7,16H2,1-3H3. The molecule has 1 aromatic heterocycles. The molecule has 2 rings (SSSR count). The molecule has 0 aliphatic heterocycles. The highest BCUT2D eigenvalue weighted by Gasteiger charge is 2.19. The van der Waals surface area contributed by atoms with E-state index in [0.29, 0.717) is 12.3 Å². The summed E-state index contributed by atoms with van der Waals surface area (Å²) in [5.74, 6) is -0.176. The zero-order valence-corrected chi connectivity index (χ0v) is 11.6. The van der Waals surface area contributed by atoms with Gasteiger partial charge in [-0.2, -0.15) is 0 Å². The number of benzene rings is 1. The van der Waals surface area contributed by atoms with E-state index in [1.54, 1.807) is 20.9 Å². The van der Waals surface area contributed by atoms with Crippen LogP contribution in [0, 0.1) is 19.7 Å². The van der Waals surface area contributed by atoms with Gasteiger partial charge in [-0.15, -0.1) is 0 Å². The number of hydrogen-bond donors (Lipinski definition) is 1. The van der Waals surface area contributed by atoms with Crippen LogP contribution in [0.15, 0.2) is 22.7 Å². The average molecular weight is 277 g/mol. The van der Waals surface area contributed by atoms with Crippen LogP contribution in [0.1, 0.15) is 27.4 Å². The second-order valence-corrected chi connectivity index (χ2v) is 4.70. The van der Waals surface area contributed by atoms with Crippen LogP contribution in [0.5, 0.6) is 0 Å². The van der Waals surface area contributed by atoms with Crippen LogP contribution in [-0.2, 0) is 6.54 Å². The molecule has 5 nitrogen and oxygen atoms in total. The minimum atomic E-state index is -0.492. The average Bonchev–Trinajstić information content (AvgIpc) is 2.72. The van der Waals surface area contributed by atoms with Gasteiger partial charge in [0.25, 0.3) is 5.91 Å². The van der Waals surface area contributed by atoms with Crippen LogP contribution >= 0.6 is 0 Å². The third kappa shape index (κ3) is 2.64. The number of aromatic nitrogens is 1. The molecule has 0 aliphatic carbocycles. The molecule has 0 bridgehead atoms. The second kappa shape index (κ2) is 5.32. The van der Waals surface area contributed by atoms with Crippen molar-refractivity contribution < 1.29 is 13.7 Å². The van der Waals surface area contributed by atoms with E-state index in [0.717, 1.165) is 17.3 Å². The highest BCUT2D eigenvalue weighted by Crippen LogP contribution is 2.19. The van der Waals surface area contributed by atoms with Gasteiger partial charge < -0.3 is 15.2 Å². The fourth-order valence-electron chi connectivity index (χ4n) is 1.96. The van der Waals surface area contributed by atoms with Crippen molar-refractivity contribution in [3.8, 4) is 0 Å². The molecular weight excluding hydrogens is 261 g/mol. The van der Waals surface area contributed by atoms with Gasteiger partial charge in [0.2, 0.25) is 0 Å². The lowest BCUT2D eigenvalue weighted by atomic mass is 10.1.